The van der Waals surface area contributed by atoms with Crippen LogP contribution in [0.4, 0.5) is 0 Å². The van der Waals surface area contributed by atoms with Crippen LogP contribution in [0.3, 0.4) is 0 Å². The number of Topliss-reactive ketones (excluding diaryl/α,β-unsaturated/α-hetero) is 1. The lowest BCUT2D eigenvalue weighted by Gasteiger charge is -2.39. The fourth-order valence-corrected chi connectivity index (χ4v) is 5.02. The molecule has 6 nitrogen and oxygen atoms in total. The molecule has 1 aliphatic carbocycles. The number of benzene rings is 2. The van der Waals surface area contributed by atoms with Gasteiger partial charge in [-0.2, -0.15) is 0 Å². The Hall–Kier alpha value is -3.41. The van der Waals surface area contributed by atoms with Crippen LogP contribution in [-0.2, 0) is 20.9 Å². The first kappa shape index (κ1) is 23.7. The zero-order valence-corrected chi connectivity index (χ0v) is 20.4. The Morgan fingerprint density at radius 3 is 2.50 bits per heavy atom. The Kier molecular flexibility index (Phi) is 6.60. The maximum atomic E-state index is 13.4. The van der Waals surface area contributed by atoms with Crippen molar-refractivity contribution in [2.75, 3.05) is 14.2 Å². The summed E-state index contributed by atoms with van der Waals surface area (Å²) in [5.41, 5.74) is 3.58. The van der Waals surface area contributed by atoms with E-state index >= 15 is 0 Å². The molecule has 2 aliphatic rings. The first-order valence-electron chi connectivity index (χ1n) is 11.5. The van der Waals surface area contributed by atoms with E-state index in [0.717, 1.165) is 22.6 Å². The van der Waals surface area contributed by atoms with Crippen molar-refractivity contribution in [1.82, 2.24) is 0 Å². The molecule has 0 saturated heterocycles. The van der Waals surface area contributed by atoms with Crippen LogP contribution in [0.1, 0.15) is 50.7 Å². The summed E-state index contributed by atoms with van der Waals surface area (Å²) >= 11 is 0. The second-order valence-corrected chi connectivity index (χ2v) is 9.71. The third-order valence-electron chi connectivity index (χ3n) is 6.56. The molecule has 34 heavy (non-hydrogen) atoms. The quantitative estimate of drug-likeness (QED) is 0.548. The van der Waals surface area contributed by atoms with Crippen LogP contribution >= 0.6 is 0 Å². The van der Waals surface area contributed by atoms with E-state index in [1.54, 1.807) is 7.11 Å². The molecule has 0 amide bonds. The number of para-hydroxylation sites is 1. The van der Waals surface area contributed by atoms with Gasteiger partial charge in [0, 0.05) is 34.9 Å². The van der Waals surface area contributed by atoms with Gasteiger partial charge in [0.1, 0.15) is 24.0 Å². The highest BCUT2D eigenvalue weighted by atomic mass is 16.5. The number of hydrogen-bond donors (Lipinski definition) is 0. The number of rotatable bonds is 6. The second-order valence-electron chi connectivity index (χ2n) is 9.71. The normalized spacial score (nSPS) is 21.4. The molecular formula is C28H31NO5. The molecule has 178 valence electrons. The lowest BCUT2D eigenvalue weighted by atomic mass is 9.66. The highest BCUT2D eigenvalue weighted by Crippen LogP contribution is 2.48. The van der Waals surface area contributed by atoms with Gasteiger partial charge in [0.2, 0.25) is 0 Å². The Balaban J connectivity index is 1.79. The molecule has 0 spiro atoms. The van der Waals surface area contributed by atoms with Crippen molar-refractivity contribution in [2.24, 2.45) is 16.3 Å². The maximum Gasteiger partial charge on any atom is 0.315 e. The maximum absolute atomic E-state index is 13.4. The van der Waals surface area contributed by atoms with Crippen molar-refractivity contribution < 1.29 is 23.8 Å². The van der Waals surface area contributed by atoms with Crippen molar-refractivity contribution in [3.8, 4) is 11.5 Å². The summed E-state index contributed by atoms with van der Waals surface area (Å²) in [6, 6.07) is 15.3. The first-order chi connectivity index (χ1) is 16.2. The molecule has 0 fully saturated rings. The van der Waals surface area contributed by atoms with Gasteiger partial charge in [0.15, 0.2) is 5.78 Å². The fraction of sp³-hybridized carbons (Fsp3) is 0.393. The van der Waals surface area contributed by atoms with Crippen molar-refractivity contribution in [3.63, 3.8) is 0 Å². The first-order valence-corrected chi connectivity index (χ1v) is 11.5. The number of ketones is 1. The van der Waals surface area contributed by atoms with Crippen molar-refractivity contribution >= 4 is 17.5 Å². The predicted molar refractivity (Wildman–Crippen MR) is 130 cm³/mol. The van der Waals surface area contributed by atoms with Crippen LogP contribution in [0.2, 0.25) is 0 Å². The molecule has 1 unspecified atom stereocenters. The summed E-state index contributed by atoms with van der Waals surface area (Å²) in [4.78, 5) is 31.0. The number of nitrogens with zero attached hydrogens (tertiary/aromatic N) is 1. The standard InChI is InChI=1S/C28H31NO5/c1-17-24(27(31)33-5)25(26-21(29-17)14-28(2,3)15-22(26)30)18-11-12-23(32-4)19(13-18)16-34-20-9-7-6-8-10-20/h6-13,24-25H,14-16H2,1-5H3/t24?,25-/m0/s1. The van der Waals surface area contributed by atoms with E-state index < -0.39 is 17.8 Å². The van der Waals surface area contributed by atoms with E-state index in [4.69, 9.17) is 19.2 Å². The van der Waals surface area contributed by atoms with Crippen molar-refractivity contribution in [2.45, 2.75) is 46.1 Å². The number of esters is 1. The molecule has 1 aliphatic heterocycles. The predicted octanol–water partition coefficient (Wildman–Crippen LogP) is 5.26. The van der Waals surface area contributed by atoms with E-state index in [2.05, 4.69) is 13.8 Å². The van der Waals surface area contributed by atoms with E-state index in [1.165, 1.54) is 7.11 Å². The van der Waals surface area contributed by atoms with E-state index in [0.29, 0.717) is 29.9 Å². The topological polar surface area (TPSA) is 74.2 Å². The van der Waals surface area contributed by atoms with Crippen molar-refractivity contribution in [1.29, 1.82) is 0 Å². The molecular weight excluding hydrogens is 430 g/mol. The highest BCUT2D eigenvalue weighted by Gasteiger charge is 2.46. The summed E-state index contributed by atoms with van der Waals surface area (Å²) in [5, 5.41) is 0. The summed E-state index contributed by atoms with van der Waals surface area (Å²) in [7, 11) is 2.98. The average molecular weight is 462 g/mol. The van der Waals surface area contributed by atoms with Gasteiger partial charge in [-0.3, -0.25) is 14.6 Å². The minimum atomic E-state index is -0.662. The van der Waals surface area contributed by atoms with Gasteiger partial charge < -0.3 is 14.2 Å². The number of carbonyl (C=O) groups is 2. The van der Waals surface area contributed by atoms with E-state index in [-0.39, 0.29) is 17.8 Å². The van der Waals surface area contributed by atoms with Gasteiger partial charge in [-0.25, -0.2) is 0 Å². The van der Waals surface area contributed by atoms with Crippen molar-refractivity contribution in [3.05, 3.63) is 70.9 Å². The molecule has 0 bridgehead atoms. The summed E-state index contributed by atoms with van der Waals surface area (Å²) in [6.07, 6.45) is 1.11. The van der Waals surface area contributed by atoms with E-state index in [1.807, 2.05) is 55.5 Å². The largest absolute Gasteiger partial charge is 0.496 e. The Labute approximate surface area is 200 Å². The number of allylic oxidation sites excluding steroid dienone is 2. The molecule has 0 radical (unpaired) electrons. The molecule has 1 heterocycles. The van der Waals surface area contributed by atoms with Gasteiger partial charge in [-0.1, -0.05) is 38.1 Å². The molecule has 4 rings (SSSR count). The van der Waals surface area contributed by atoms with Gasteiger partial charge in [-0.05, 0) is 48.6 Å². The smallest absolute Gasteiger partial charge is 0.315 e. The number of carbonyl (C=O) groups excluding carboxylic acids is 2. The monoisotopic (exact) mass is 461 g/mol. The van der Waals surface area contributed by atoms with Gasteiger partial charge in [-0.15, -0.1) is 0 Å². The highest BCUT2D eigenvalue weighted by molar-refractivity contribution is 6.09. The molecule has 0 aromatic heterocycles. The number of aliphatic imine (C=N–C) groups is 1. The zero-order valence-electron chi connectivity index (χ0n) is 20.4. The van der Waals surface area contributed by atoms with Crippen LogP contribution < -0.4 is 9.47 Å². The summed E-state index contributed by atoms with van der Waals surface area (Å²) in [5.74, 6) is -0.0544. The Morgan fingerprint density at radius 1 is 1.09 bits per heavy atom. The molecule has 0 saturated carbocycles. The van der Waals surface area contributed by atoms with E-state index in [9.17, 15) is 9.59 Å². The lowest BCUT2D eigenvalue weighted by Crippen LogP contribution is -2.39. The van der Waals surface area contributed by atoms with Crippen LogP contribution in [0.5, 0.6) is 11.5 Å². The molecule has 2 aromatic rings. The summed E-state index contributed by atoms with van der Waals surface area (Å²) < 4.78 is 16.7. The minimum absolute atomic E-state index is 0.0410. The fourth-order valence-electron chi connectivity index (χ4n) is 5.02. The number of ether oxygens (including phenoxy) is 3. The van der Waals surface area contributed by atoms with Crippen LogP contribution in [-0.4, -0.2) is 31.7 Å². The average Bonchev–Trinajstić information content (AvgIpc) is 2.81. The zero-order chi connectivity index (χ0) is 24.5. The third-order valence-corrected chi connectivity index (χ3v) is 6.56. The number of hydrogen-bond acceptors (Lipinski definition) is 6. The second kappa shape index (κ2) is 9.45. The van der Waals surface area contributed by atoms with Crippen LogP contribution in [0.25, 0.3) is 0 Å². The van der Waals surface area contributed by atoms with Gasteiger partial charge >= 0.3 is 5.97 Å². The third kappa shape index (κ3) is 4.63. The molecule has 0 N–H and O–H groups in total. The SMILES string of the molecule is COC(=O)C1C(C)=NC2=C(C(=O)CC(C)(C)C2)[C@H]1c1ccc(OC)c(COc2ccccc2)c1. The molecule has 2 atom stereocenters. The number of methoxy groups -OCH3 is 2. The Bertz CT molecular complexity index is 1160. The van der Waals surface area contributed by atoms with Gasteiger partial charge in [0.05, 0.1) is 14.2 Å². The van der Waals surface area contributed by atoms with Gasteiger partial charge in [0.25, 0.3) is 0 Å². The summed E-state index contributed by atoms with van der Waals surface area (Å²) in [6.45, 7) is 6.28. The molecule has 2 aromatic carbocycles. The van der Waals surface area contributed by atoms with Crippen LogP contribution in [0, 0.1) is 11.3 Å². The molecule has 6 heteroatoms. The Morgan fingerprint density at radius 2 is 1.82 bits per heavy atom. The lowest BCUT2D eigenvalue weighted by molar-refractivity contribution is -0.143. The van der Waals surface area contributed by atoms with Crippen LogP contribution in [0.15, 0.2) is 64.8 Å². The minimum Gasteiger partial charge on any atom is -0.496 e.